The Bertz CT molecular complexity index is 869. The minimum absolute atomic E-state index is 0.112. The Morgan fingerprint density at radius 3 is 2.58 bits per heavy atom. The molecule has 0 aromatic heterocycles. The number of halogens is 1. The summed E-state index contributed by atoms with van der Waals surface area (Å²) in [6.45, 7) is 4.22. The van der Waals surface area contributed by atoms with Gasteiger partial charge >= 0.3 is 0 Å². The summed E-state index contributed by atoms with van der Waals surface area (Å²) >= 11 is 11.5. The number of phenolic OH excluding ortho intramolecular Hbond substituents is 1. The maximum absolute atomic E-state index is 9.97. The van der Waals surface area contributed by atoms with Gasteiger partial charge in [0, 0.05) is 41.0 Å². The number of aromatic hydroxyl groups is 1. The minimum Gasteiger partial charge on any atom is -0.508 e. The third kappa shape index (κ3) is 3.21. The lowest BCUT2D eigenvalue weighted by Crippen LogP contribution is -2.69. The van der Waals surface area contributed by atoms with Crippen molar-refractivity contribution in [3.05, 3.63) is 58.6 Å². The molecular weight excluding hydrogens is 368 g/mol. The van der Waals surface area contributed by atoms with E-state index in [0.29, 0.717) is 15.9 Å². The van der Waals surface area contributed by atoms with Gasteiger partial charge in [-0.25, -0.2) is 0 Å². The van der Waals surface area contributed by atoms with E-state index in [9.17, 15) is 5.11 Å². The van der Waals surface area contributed by atoms with Crippen LogP contribution < -0.4 is 15.4 Å². The van der Waals surface area contributed by atoms with Gasteiger partial charge in [-0.1, -0.05) is 29.8 Å². The third-order valence-electron chi connectivity index (χ3n) is 5.00. The summed E-state index contributed by atoms with van der Waals surface area (Å²) < 4.78 is 6.40. The Hall–Kier alpha value is -1.98. The van der Waals surface area contributed by atoms with Gasteiger partial charge in [-0.3, -0.25) is 0 Å². The smallest absolute Gasteiger partial charge is 0.185 e. The van der Waals surface area contributed by atoms with E-state index in [4.69, 9.17) is 28.6 Å². The Labute approximate surface area is 163 Å². The van der Waals surface area contributed by atoms with Crippen molar-refractivity contribution < 1.29 is 9.84 Å². The van der Waals surface area contributed by atoms with E-state index in [-0.39, 0.29) is 17.2 Å². The molecule has 0 saturated carbocycles. The fourth-order valence-corrected chi connectivity index (χ4v) is 4.70. The van der Waals surface area contributed by atoms with Crippen molar-refractivity contribution in [3.8, 4) is 11.5 Å². The zero-order chi connectivity index (χ0) is 18.5. The van der Waals surface area contributed by atoms with Gasteiger partial charge in [-0.2, -0.15) is 0 Å². The van der Waals surface area contributed by atoms with Crippen molar-refractivity contribution in [2.24, 2.45) is 0 Å². The van der Waals surface area contributed by atoms with Gasteiger partial charge in [0.2, 0.25) is 0 Å². The molecule has 4 nitrogen and oxygen atoms in total. The second-order valence-electron chi connectivity index (χ2n) is 7.77. The van der Waals surface area contributed by atoms with Crippen molar-refractivity contribution in [3.63, 3.8) is 0 Å². The predicted octanol–water partition coefficient (Wildman–Crippen LogP) is 4.30. The molecule has 6 heteroatoms. The molecule has 1 spiro atoms. The summed E-state index contributed by atoms with van der Waals surface area (Å²) in [6, 6.07) is 13.2. The highest BCUT2D eigenvalue weighted by Crippen LogP contribution is 2.47. The molecule has 26 heavy (non-hydrogen) atoms. The summed E-state index contributed by atoms with van der Waals surface area (Å²) in [5.74, 6) is 0.983. The quantitative estimate of drug-likeness (QED) is 0.636. The van der Waals surface area contributed by atoms with Crippen LogP contribution in [0.25, 0.3) is 0 Å². The number of hydrogen-bond donors (Lipinski definition) is 3. The van der Waals surface area contributed by atoms with Gasteiger partial charge in [-0.15, -0.1) is 0 Å². The Kier molecular flexibility index (Phi) is 4.04. The Morgan fingerprint density at radius 2 is 1.88 bits per heavy atom. The topological polar surface area (TPSA) is 53.5 Å². The first-order valence-corrected chi connectivity index (χ1v) is 9.42. The third-order valence-corrected chi connectivity index (χ3v) is 5.46. The van der Waals surface area contributed by atoms with Crippen LogP contribution >= 0.6 is 23.8 Å². The average molecular weight is 389 g/mol. The van der Waals surface area contributed by atoms with Gasteiger partial charge in [0.15, 0.2) is 10.8 Å². The number of rotatable bonds is 1. The highest BCUT2D eigenvalue weighted by Gasteiger charge is 2.48. The first-order valence-electron chi connectivity index (χ1n) is 8.63. The van der Waals surface area contributed by atoms with Crippen molar-refractivity contribution in [2.45, 2.75) is 43.9 Å². The average Bonchev–Trinajstić information content (AvgIpc) is 2.52. The number of thiocarbonyl (C=S) groups is 1. The lowest BCUT2D eigenvalue weighted by molar-refractivity contribution is -0.0128. The number of fused-ring (bicyclic) bond motifs is 1. The van der Waals surface area contributed by atoms with Gasteiger partial charge in [0.25, 0.3) is 0 Å². The monoisotopic (exact) mass is 388 g/mol. The van der Waals surface area contributed by atoms with E-state index in [0.717, 1.165) is 24.0 Å². The molecule has 2 aromatic rings. The molecule has 3 N–H and O–H groups in total. The number of nitrogens with one attached hydrogen (secondary N) is 2. The molecule has 1 fully saturated rings. The fraction of sp³-hybridized carbons (Fsp3) is 0.350. The fourth-order valence-electron chi connectivity index (χ4n) is 4.12. The lowest BCUT2D eigenvalue weighted by atomic mass is 9.77. The highest BCUT2D eigenvalue weighted by atomic mass is 35.5. The summed E-state index contributed by atoms with van der Waals surface area (Å²) in [6.07, 6.45) is 1.47. The van der Waals surface area contributed by atoms with Gasteiger partial charge in [0.1, 0.15) is 11.5 Å². The van der Waals surface area contributed by atoms with E-state index in [2.05, 4.69) is 24.5 Å². The SMILES string of the molecule is CC1(C)C[C@@]2(C[C@H](c3ccc(Cl)cc3)c3ccc(O)cc3O2)NC(=S)N1. The van der Waals surface area contributed by atoms with Gasteiger partial charge < -0.3 is 20.5 Å². The van der Waals surface area contributed by atoms with Crippen LogP contribution in [0.2, 0.25) is 5.02 Å². The minimum atomic E-state index is -0.628. The molecule has 2 aliphatic rings. The molecule has 1 saturated heterocycles. The number of benzene rings is 2. The molecule has 0 bridgehead atoms. The Morgan fingerprint density at radius 1 is 1.15 bits per heavy atom. The number of hydrogen-bond acceptors (Lipinski definition) is 3. The van der Waals surface area contributed by atoms with E-state index in [1.807, 2.05) is 30.3 Å². The van der Waals surface area contributed by atoms with E-state index in [1.54, 1.807) is 12.1 Å². The normalized spacial score (nSPS) is 26.4. The molecular formula is C20H21ClN2O2S. The summed E-state index contributed by atoms with van der Waals surface area (Å²) in [5, 5.41) is 17.9. The standard InChI is InChI=1S/C20H21ClN2O2S/c1-19(2)11-20(23-18(26)22-19)10-16(12-3-5-13(21)6-4-12)15-8-7-14(24)9-17(15)25-20/h3-9,16,24H,10-11H2,1-2H3,(H2,22,23,26)/t16-,20+/m1/s1. The maximum atomic E-state index is 9.97. The van der Waals surface area contributed by atoms with Crippen LogP contribution in [-0.4, -0.2) is 21.5 Å². The number of ether oxygens (including phenoxy) is 1. The van der Waals surface area contributed by atoms with E-state index < -0.39 is 5.72 Å². The molecule has 4 rings (SSSR count). The molecule has 0 unspecified atom stereocenters. The lowest BCUT2D eigenvalue weighted by Gasteiger charge is -2.50. The molecule has 136 valence electrons. The van der Waals surface area contributed by atoms with Crippen LogP contribution in [0.3, 0.4) is 0 Å². The zero-order valence-corrected chi connectivity index (χ0v) is 16.2. The molecule has 0 radical (unpaired) electrons. The Balaban J connectivity index is 1.81. The maximum Gasteiger partial charge on any atom is 0.185 e. The second kappa shape index (κ2) is 6.03. The summed E-state index contributed by atoms with van der Waals surface area (Å²) in [5.41, 5.74) is 1.39. The van der Waals surface area contributed by atoms with Crippen molar-refractivity contribution in [2.75, 3.05) is 0 Å². The predicted molar refractivity (Wildman–Crippen MR) is 107 cm³/mol. The summed E-state index contributed by atoms with van der Waals surface area (Å²) in [7, 11) is 0. The highest BCUT2D eigenvalue weighted by molar-refractivity contribution is 7.80. The molecule has 2 atom stereocenters. The van der Waals surface area contributed by atoms with Gasteiger partial charge in [-0.05, 0) is 49.8 Å². The first kappa shape index (κ1) is 17.4. The van der Waals surface area contributed by atoms with Crippen LogP contribution in [-0.2, 0) is 0 Å². The van der Waals surface area contributed by atoms with Crippen LogP contribution in [0, 0.1) is 0 Å². The second-order valence-corrected chi connectivity index (χ2v) is 8.61. The number of phenols is 1. The van der Waals surface area contributed by atoms with E-state index >= 15 is 0 Å². The molecule has 0 aliphatic carbocycles. The van der Waals surface area contributed by atoms with Crippen molar-refractivity contribution in [1.29, 1.82) is 0 Å². The molecule has 2 heterocycles. The van der Waals surface area contributed by atoms with Gasteiger partial charge in [0.05, 0.1) is 0 Å². The van der Waals surface area contributed by atoms with Crippen molar-refractivity contribution in [1.82, 2.24) is 10.6 Å². The van der Waals surface area contributed by atoms with Crippen molar-refractivity contribution >= 4 is 28.9 Å². The zero-order valence-electron chi connectivity index (χ0n) is 14.7. The molecule has 2 aromatic carbocycles. The van der Waals surface area contributed by atoms with Crippen LogP contribution in [0.1, 0.15) is 43.7 Å². The van der Waals surface area contributed by atoms with E-state index in [1.165, 1.54) is 0 Å². The molecule has 2 aliphatic heterocycles. The largest absolute Gasteiger partial charge is 0.508 e. The first-order chi connectivity index (χ1) is 12.3. The summed E-state index contributed by atoms with van der Waals surface area (Å²) in [4.78, 5) is 0. The van der Waals surface area contributed by atoms with Crippen LogP contribution in [0.5, 0.6) is 11.5 Å². The van der Waals surface area contributed by atoms with Crippen LogP contribution in [0.4, 0.5) is 0 Å². The molecule has 0 amide bonds. The van der Waals surface area contributed by atoms with Crippen LogP contribution in [0.15, 0.2) is 42.5 Å².